The van der Waals surface area contributed by atoms with Crippen LogP contribution in [-0.4, -0.2) is 76.2 Å². The first-order valence-electron chi connectivity index (χ1n) is 8.49. The number of piperazine rings is 1. The van der Waals surface area contributed by atoms with Crippen molar-refractivity contribution in [1.29, 1.82) is 0 Å². The first-order chi connectivity index (χ1) is 12.9. The Morgan fingerprint density at radius 1 is 1.22 bits per heavy atom. The average molecular weight is 375 g/mol. The molecular formula is C18H21N3O6. The number of benzene rings is 1. The topological polar surface area (TPSA) is 112 Å². The van der Waals surface area contributed by atoms with Gasteiger partial charge in [0.25, 0.3) is 0 Å². The smallest absolute Gasteiger partial charge is 0.325 e. The van der Waals surface area contributed by atoms with Gasteiger partial charge in [-0.25, -0.2) is 0 Å². The fraction of sp³-hybridized carbons (Fsp3) is 0.389. The highest BCUT2D eigenvalue weighted by Crippen LogP contribution is 2.33. The van der Waals surface area contributed by atoms with E-state index in [-0.39, 0.29) is 6.54 Å². The molecule has 0 spiro atoms. The van der Waals surface area contributed by atoms with E-state index in [1.165, 1.54) is 11.7 Å². The highest BCUT2D eigenvalue weighted by molar-refractivity contribution is 5.91. The molecule has 1 aromatic carbocycles. The van der Waals surface area contributed by atoms with Gasteiger partial charge < -0.3 is 24.4 Å². The predicted molar refractivity (Wildman–Crippen MR) is 95.7 cm³/mol. The van der Waals surface area contributed by atoms with Gasteiger partial charge in [-0.3, -0.25) is 19.3 Å². The highest BCUT2D eigenvalue weighted by Gasteiger charge is 2.32. The summed E-state index contributed by atoms with van der Waals surface area (Å²) in [4.78, 5) is 37.6. The number of hydrogen-bond donors (Lipinski definition) is 2. The van der Waals surface area contributed by atoms with E-state index >= 15 is 0 Å². The first kappa shape index (κ1) is 18.7. The van der Waals surface area contributed by atoms with Crippen LogP contribution in [0.15, 0.2) is 24.4 Å². The SMILES string of the molecule is COc1ccc2c(c1)c([C@H](C(=O)O)N1CCN(C=O)CC1)cn2CC(=O)O. The molecule has 3 rings (SSSR count). The molecule has 0 aliphatic carbocycles. The predicted octanol–water partition coefficient (Wildman–Crippen LogP) is 0.634. The normalized spacial score (nSPS) is 16.3. The summed E-state index contributed by atoms with van der Waals surface area (Å²) in [5.41, 5.74) is 1.14. The molecule has 2 aromatic rings. The molecule has 27 heavy (non-hydrogen) atoms. The summed E-state index contributed by atoms with van der Waals surface area (Å²) >= 11 is 0. The molecule has 1 atom stereocenters. The Labute approximate surface area is 155 Å². The van der Waals surface area contributed by atoms with Gasteiger partial charge in [0.1, 0.15) is 18.3 Å². The van der Waals surface area contributed by atoms with Crippen LogP contribution in [0.1, 0.15) is 11.6 Å². The fourth-order valence-corrected chi connectivity index (χ4v) is 3.51. The van der Waals surface area contributed by atoms with E-state index in [0.29, 0.717) is 48.4 Å². The molecule has 0 bridgehead atoms. The van der Waals surface area contributed by atoms with Crippen molar-refractivity contribution in [3.8, 4) is 5.75 Å². The number of carbonyl (C=O) groups is 3. The average Bonchev–Trinajstić information content (AvgIpc) is 2.99. The Bertz CT molecular complexity index is 869. The van der Waals surface area contributed by atoms with Crippen molar-refractivity contribution in [3.05, 3.63) is 30.0 Å². The van der Waals surface area contributed by atoms with Crippen LogP contribution < -0.4 is 4.74 Å². The van der Waals surface area contributed by atoms with Crippen molar-refractivity contribution >= 4 is 29.3 Å². The van der Waals surface area contributed by atoms with Crippen LogP contribution in [0.3, 0.4) is 0 Å². The molecule has 1 aliphatic rings. The second-order valence-corrected chi connectivity index (χ2v) is 6.41. The largest absolute Gasteiger partial charge is 0.497 e. The zero-order valence-corrected chi connectivity index (χ0v) is 14.9. The maximum absolute atomic E-state index is 12.1. The van der Waals surface area contributed by atoms with Crippen LogP contribution in [0.2, 0.25) is 0 Å². The second kappa shape index (κ2) is 7.67. The summed E-state index contributed by atoms with van der Waals surface area (Å²) in [5.74, 6) is -1.47. The molecule has 9 heteroatoms. The van der Waals surface area contributed by atoms with Gasteiger partial charge in [-0.1, -0.05) is 0 Å². The van der Waals surface area contributed by atoms with Gasteiger partial charge in [0.2, 0.25) is 6.41 Å². The fourth-order valence-electron chi connectivity index (χ4n) is 3.51. The number of aliphatic carboxylic acids is 2. The number of amides is 1. The van der Waals surface area contributed by atoms with Crippen molar-refractivity contribution in [2.75, 3.05) is 33.3 Å². The number of methoxy groups -OCH3 is 1. The van der Waals surface area contributed by atoms with Crippen LogP contribution in [0, 0.1) is 0 Å². The van der Waals surface area contributed by atoms with Crippen molar-refractivity contribution in [2.24, 2.45) is 0 Å². The standard InChI is InChI=1S/C18H21N3O6/c1-27-12-2-3-15-13(8-12)14(9-21(15)10-16(23)24)17(18(25)26)20-6-4-19(11-22)5-7-20/h2-3,8-9,11,17H,4-7,10H2,1H3,(H,23,24)(H,25,26)/t17-/m1/s1. The van der Waals surface area contributed by atoms with Crippen molar-refractivity contribution in [3.63, 3.8) is 0 Å². The van der Waals surface area contributed by atoms with Crippen molar-refractivity contribution < 1.29 is 29.3 Å². The first-order valence-corrected chi connectivity index (χ1v) is 8.49. The Morgan fingerprint density at radius 2 is 1.93 bits per heavy atom. The van der Waals surface area contributed by atoms with Crippen LogP contribution in [0.25, 0.3) is 10.9 Å². The number of ether oxygens (including phenoxy) is 1. The summed E-state index contributed by atoms with van der Waals surface area (Å²) in [6.07, 6.45) is 2.35. The maximum Gasteiger partial charge on any atom is 0.325 e. The molecule has 0 unspecified atom stereocenters. The van der Waals surface area contributed by atoms with Crippen LogP contribution in [0.4, 0.5) is 0 Å². The zero-order valence-electron chi connectivity index (χ0n) is 14.9. The number of aromatic nitrogens is 1. The quantitative estimate of drug-likeness (QED) is 0.683. The van der Waals surface area contributed by atoms with E-state index in [4.69, 9.17) is 4.74 Å². The lowest BCUT2D eigenvalue weighted by Gasteiger charge is -2.36. The molecule has 0 radical (unpaired) electrons. The molecule has 1 amide bonds. The lowest BCUT2D eigenvalue weighted by molar-refractivity contribution is -0.144. The second-order valence-electron chi connectivity index (χ2n) is 6.41. The Morgan fingerprint density at radius 3 is 2.48 bits per heavy atom. The number of carboxylic acid groups (broad SMARTS) is 2. The van der Waals surface area contributed by atoms with Gasteiger partial charge in [-0.2, -0.15) is 0 Å². The van der Waals surface area contributed by atoms with E-state index in [0.717, 1.165) is 6.41 Å². The Balaban J connectivity index is 2.07. The Hall–Kier alpha value is -3.07. The zero-order chi connectivity index (χ0) is 19.6. The number of rotatable bonds is 7. The number of carboxylic acids is 2. The summed E-state index contributed by atoms with van der Waals surface area (Å²) < 4.78 is 6.78. The number of fused-ring (bicyclic) bond motifs is 1. The molecule has 1 aliphatic heterocycles. The van der Waals surface area contributed by atoms with Crippen molar-refractivity contribution in [2.45, 2.75) is 12.6 Å². The summed E-state index contributed by atoms with van der Waals surface area (Å²) in [7, 11) is 1.52. The minimum absolute atomic E-state index is 0.270. The molecule has 1 aromatic heterocycles. The van der Waals surface area contributed by atoms with E-state index in [1.54, 1.807) is 34.2 Å². The third kappa shape index (κ3) is 3.72. The van der Waals surface area contributed by atoms with Gasteiger partial charge in [0.05, 0.1) is 7.11 Å². The monoisotopic (exact) mass is 375 g/mol. The molecule has 1 fully saturated rings. The summed E-state index contributed by atoms with van der Waals surface area (Å²) in [6, 6.07) is 4.22. The van der Waals surface area contributed by atoms with Gasteiger partial charge in [-0.15, -0.1) is 0 Å². The summed E-state index contributed by atoms with van der Waals surface area (Å²) in [5, 5.41) is 19.7. The maximum atomic E-state index is 12.1. The number of carbonyl (C=O) groups excluding carboxylic acids is 1. The molecular weight excluding hydrogens is 354 g/mol. The number of hydrogen-bond acceptors (Lipinski definition) is 5. The summed E-state index contributed by atoms with van der Waals surface area (Å²) in [6.45, 7) is 1.47. The van der Waals surface area contributed by atoms with Gasteiger partial charge >= 0.3 is 11.9 Å². The van der Waals surface area contributed by atoms with Gasteiger partial charge in [-0.05, 0) is 18.2 Å². The molecule has 0 saturated carbocycles. The van der Waals surface area contributed by atoms with Gasteiger partial charge in [0.15, 0.2) is 0 Å². The van der Waals surface area contributed by atoms with Crippen molar-refractivity contribution in [1.82, 2.24) is 14.4 Å². The molecule has 2 N–H and O–H groups in total. The minimum atomic E-state index is -1.02. The van der Waals surface area contributed by atoms with E-state index in [1.807, 2.05) is 0 Å². The van der Waals surface area contributed by atoms with Crippen LogP contribution in [0.5, 0.6) is 5.75 Å². The molecule has 144 valence electrons. The van der Waals surface area contributed by atoms with E-state index < -0.39 is 18.0 Å². The van der Waals surface area contributed by atoms with Gasteiger partial charge in [0, 0.05) is 48.8 Å². The third-order valence-electron chi connectivity index (χ3n) is 4.82. The number of nitrogens with zero attached hydrogens (tertiary/aromatic N) is 3. The van der Waals surface area contributed by atoms with Crippen LogP contribution >= 0.6 is 0 Å². The lowest BCUT2D eigenvalue weighted by atomic mass is 10.0. The third-order valence-corrected chi connectivity index (χ3v) is 4.82. The lowest BCUT2D eigenvalue weighted by Crippen LogP contribution is -2.48. The van der Waals surface area contributed by atoms with E-state index in [2.05, 4.69) is 0 Å². The molecule has 9 nitrogen and oxygen atoms in total. The molecule has 1 saturated heterocycles. The Kier molecular flexibility index (Phi) is 5.31. The minimum Gasteiger partial charge on any atom is -0.497 e. The van der Waals surface area contributed by atoms with E-state index in [9.17, 15) is 24.6 Å². The molecule has 2 heterocycles. The van der Waals surface area contributed by atoms with Crippen LogP contribution in [-0.2, 0) is 20.9 Å². The highest BCUT2D eigenvalue weighted by atomic mass is 16.5.